The van der Waals surface area contributed by atoms with Gasteiger partial charge < -0.3 is 0 Å². The molecule has 0 atom stereocenters. The van der Waals surface area contributed by atoms with Crippen LogP contribution in [0.25, 0.3) is 0 Å². The second-order valence-corrected chi connectivity index (χ2v) is 3.89. The van der Waals surface area contributed by atoms with Crippen molar-refractivity contribution in [3.05, 3.63) is 30.1 Å². The summed E-state index contributed by atoms with van der Waals surface area (Å²) in [5.74, 6) is -0.843. The molecule has 98 valence electrons. The first-order chi connectivity index (χ1) is 8.54. The number of Topliss-reactive ketones (excluding diaryl/α,β-unsaturated/α-hetero) is 1. The van der Waals surface area contributed by atoms with Crippen LogP contribution in [-0.2, 0) is 14.4 Å². The summed E-state index contributed by atoms with van der Waals surface area (Å²) in [5.41, 5.74) is 0.413. The van der Waals surface area contributed by atoms with Gasteiger partial charge in [-0.3, -0.25) is 14.4 Å². The summed E-state index contributed by atoms with van der Waals surface area (Å²) < 4.78 is 12.8. The zero-order valence-corrected chi connectivity index (χ0v) is 10.5. The summed E-state index contributed by atoms with van der Waals surface area (Å²) in [5, 5.41) is 1.05. The number of hydrogen-bond donors (Lipinski definition) is 0. The number of rotatable bonds is 6. The molecule has 0 spiro atoms. The number of carbonyl (C=O) groups excluding carboxylic acids is 2. The van der Waals surface area contributed by atoms with Gasteiger partial charge in [0.2, 0.25) is 0 Å². The van der Waals surface area contributed by atoms with E-state index in [1.807, 2.05) is 6.92 Å². The SMILES string of the molecule is CCCC(=O)N(OCC(C)=O)c1ccc(F)cc1. The summed E-state index contributed by atoms with van der Waals surface area (Å²) in [6.45, 7) is 3.05. The lowest BCUT2D eigenvalue weighted by atomic mass is 10.2. The molecule has 0 N–H and O–H groups in total. The van der Waals surface area contributed by atoms with Gasteiger partial charge in [0, 0.05) is 6.42 Å². The van der Waals surface area contributed by atoms with Crippen molar-refractivity contribution in [3.63, 3.8) is 0 Å². The molecule has 0 saturated heterocycles. The average molecular weight is 253 g/mol. The Balaban J connectivity index is 2.85. The smallest absolute Gasteiger partial charge is 0.250 e. The molecule has 0 unspecified atom stereocenters. The molecule has 1 amide bonds. The molecular weight excluding hydrogens is 237 g/mol. The average Bonchev–Trinajstić information content (AvgIpc) is 2.31. The maximum atomic E-state index is 12.8. The van der Waals surface area contributed by atoms with Crippen LogP contribution < -0.4 is 5.06 Å². The summed E-state index contributed by atoms with van der Waals surface area (Å²) >= 11 is 0. The molecule has 0 heterocycles. The minimum absolute atomic E-state index is 0.188. The van der Waals surface area contributed by atoms with E-state index in [2.05, 4.69) is 0 Å². The van der Waals surface area contributed by atoms with Crippen molar-refractivity contribution >= 4 is 17.4 Å². The number of amides is 1. The van der Waals surface area contributed by atoms with Crippen molar-refractivity contribution < 1.29 is 18.8 Å². The number of carbonyl (C=O) groups is 2. The van der Waals surface area contributed by atoms with Crippen LogP contribution in [0, 0.1) is 5.82 Å². The van der Waals surface area contributed by atoms with Crippen molar-refractivity contribution in [2.45, 2.75) is 26.7 Å². The van der Waals surface area contributed by atoms with E-state index in [0.29, 0.717) is 18.5 Å². The number of anilines is 1. The first kappa shape index (κ1) is 14.3. The fourth-order valence-corrected chi connectivity index (χ4v) is 1.34. The third-order valence-corrected chi connectivity index (χ3v) is 2.15. The molecule has 0 radical (unpaired) electrons. The Bertz CT molecular complexity index is 417. The number of ketones is 1. The molecule has 1 rings (SSSR count). The highest BCUT2D eigenvalue weighted by atomic mass is 19.1. The fourth-order valence-electron chi connectivity index (χ4n) is 1.34. The van der Waals surface area contributed by atoms with Crippen molar-refractivity contribution in [1.82, 2.24) is 0 Å². The van der Waals surface area contributed by atoms with E-state index in [1.54, 1.807) is 0 Å². The van der Waals surface area contributed by atoms with E-state index in [9.17, 15) is 14.0 Å². The molecule has 1 aromatic carbocycles. The van der Waals surface area contributed by atoms with Crippen LogP contribution in [0.1, 0.15) is 26.7 Å². The van der Waals surface area contributed by atoms with E-state index in [1.165, 1.54) is 31.2 Å². The monoisotopic (exact) mass is 253 g/mol. The van der Waals surface area contributed by atoms with E-state index in [0.717, 1.165) is 5.06 Å². The number of halogens is 1. The maximum absolute atomic E-state index is 12.8. The first-order valence-corrected chi connectivity index (χ1v) is 5.75. The zero-order chi connectivity index (χ0) is 13.5. The molecule has 18 heavy (non-hydrogen) atoms. The number of nitrogens with zero attached hydrogens (tertiary/aromatic N) is 1. The number of hydroxylamine groups is 1. The van der Waals surface area contributed by atoms with Gasteiger partial charge in [-0.05, 0) is 37.6 Å². The quantitative estimate of drug-likeness (QED) is 0.732. The standard InChI is InChI=1S/C13H16FNO3/c1-3-4-13(17)15(18-9-10(2)16)12-7-5-11(14)6-8-12/h5-8H,3-4,9H2,1-2H3. The van der Waals surface area contributed by atoms with Crippen LogP contribution >= 0.6 is 0 Å². The highest BCUT2D eigenvalue weighted by Crippen LogP contribution is 2.17. The molecule has 0 aliphatic heterocycles. The van der Waals surface area contributed by atoms with Crippen molar-refractivity contribution in [2.75, 3.05) is 11.7 Å². The Morgan fingerprint density at radius 2 is 1.89 bits per heavy atom. The number of benzene rings is 1. The second-order valence-electron chi connectivity index (χ2n) is 3.89. The lowest BCUT2D eigenvalue weighted by molar-refractivity contribution is -0.130. The second kappa shape index (κ2) is 6.86. The lowest BCUT2D eigenvalue weighted by Gasteiger charge is -2.21. The van der Waals surface area contributed by atoms with Crippen LogP contribution in [0.2, 0.25) is 0 Å². The summed E-state index contributed by atoms with van der Waals surface area (Å²) in [6, 6.07) is 5.34. The van der Waals surface area contributed by atoms with Gasteiger partial charge in [-0.1, -0.05) is 6.92 Å². The van der Waals surface area contributed by atoms with Gasteiger partial charge in [0.1, 0.15) is 12.4 Å². The van der Waals surface area contributed by atoms with Gasteiger partial charge in [-0.15, -0.1) is 0 Å². The van der Waals surface area contributed by atoms with E-state index in [4.69, 9.17) is 4.84 Å². The molecule has 0 fully saturated rings. The van der Waals surface area contributed by atoms with Gasteiger partial charge in [-0.25, -0.2) is 4.39 Å². The Hall–Kier alpha value is -1.75. The predicted octanol–water partition coefficient (Wildman–Crippen LogP) is 2.48. The van der Waals surface area contributed by atoms with Gasteiger partial charge in [-0.2, -0.15) is 5.06 Å². The Morgan fingerprint density at radius 3 is 2.39 bits per heavy atom. The van der Waals surface area contributed by atoms with Crippen LogP contribution in [0.15, 0.2) is 24.3 Å². The molecule has 0 aliphatic rings. The summed E-state index contributed by atoms with van der Waals surface area (Å²) in [4.78, 5) is 27.9. The van der Waals surface area contributed by atoms with Crippen molar-refractivity contribution in [3.8, 4) is 0 Å². The van der Waals surface area contributed by atoms with Crippen molar-refractivity contribution in [1.29, 1.82) is 0 Å². The largest absolute Gasteiger partial charge is 0.297 e. The fraction of sp³-hybridized carbons (Fsp3) is 0.385. The normalized spacial score (nSPS) is 10.2. The topological polar surface area (TPSA) is 46.6 Å². The van der Waals surface area contributed by atoms with E-state index >= 15 is 0 Å². The minimum Gasteiger partial charge on any atom is -0.297 e. The van der Waals surface area contributed by atoms with Crippen molar-refractivity contribution in [2.24, 2.45) is 0 Å². The lowest BCUT2D eigenvalue weighted by Crippen LogP contribution is -2.32. The molecule has 0 aromatic heterocycles. The third kappa shape index (κ3) is 4.25. The maximum Gasteiger partial charge on any atom is 0.250 e. The van der Waals surface area contributed by atoms with Gasteiger partial charge in [0.15, 0.2) is 5.78 Å². The number of hydrogen-bond acceptors (Lipinski definition) is 3. The Morgan fingerprint density at radius 1 is 1.28 bits per heavy atom. The third-order valence-electron chi connectivity index (χ3n) is 2.15. The van der Waals surface area contributed by atoms with E-state index < -0.39 is 5.82 Å². The van der Waals surface area contributed by atoms with Crippen LogP contribution in [0.3, 0.4) is 0 Å². The van der Waals surface area contributed by atoms with Crippen LogP contribution in [0.4, 0.5) is 10.1 Å². The van der Waals surface area contributed by atoms with Gasteiger partial charge >= 0.3 is 0 Å². The molecular formula is C13H16FNO3. The highest BCUT2D eigenvalue weighted by Gasteiger charge is 2.16. The summed E-state index contributed by atoms with van der Waals surface area (Å²) in [6.07, 6.45) is 0.968. The molecule has 5 heteroatoms. The highest BCUT2D eigenvalue weighted by molar-refractivity contribution is 5.91. The molecule has 0 saturated carbocycles. The van der Waals surface area contributed by atoms with Crippen LogP contribution in [-0.4, -0.2) is 18.3 Å². The summed E-state index contributed by atoms with van der Waals surface area (Å²) in [7, 11) is 0. The Kier molecular flexibility index (Phi) is 5.45. The van der Waals surface area contributed by atoms with Gasteiger partial charge in [0.25, 0.3) is 5.91 Å². The predicted molar refractivity (Wildman–Crippen MR) is 65.4 cm³/mol. The first-order valence-electron chi connectivity index (χ1n) is 5.75. The molecule has 0 bridgehead atoms. The minimum atomic E-state index is -0.395. The Labute approximate surface area is 105 Å². The molecule has 4 nitrogen and oxygen atoms in total. The molecule has 0 aliphatic carbocycles. The zero-order valence-electron chi connectivity index (χ0n) is 10.5. The molecule has 1 aromatic rings. The van der Waals surface area contributed by atoms with Gasteiger partial charge in [0.05, 0.1) is 5.69 Å². The van der Waals surface area contributed by atoms with E-state index in [-0.39, 0.29) is 18.3 Å². The van der Waals surface area contributed by atoms with Crippen LogP contribution in [0.5, 0.6) is 0 Å².